The molecule has 4 heterocycles. The molecule has 3 unspecified atom stereocenters. The molecule has 3 aromatic rings. The van der Waals surface area contributed by atoms with Gasteiger partial charge in [0.25, 0.3) is 11.6 Å². The Morgan fingerprint density at radius 3 is 1.98 bits per heavy atom. The molecule has 14 heteroatoms. The van der Waals surface area contributed by atoms with Crippen molar-refractivity contribution in [2.45, 2.75) is 63.1 Å². The quantitative estimate of drug-likeness (QED) is 0.114. The van der Waals surface area contributed by atoms with Gasteiger partial charge in [0.2, 0.25) is 5.24 Å². The van der Waals surface area contributed by atoms with Crippen LogP contribution in [0.1, 0.15) is 49.5 Å². The highest BCUT2D eigenvalue weighted by molar-refractivity contribution is 6.64. The van der Waals surface area contributed by atoms with Crippen molar-refractivity contribution >= 4 is 47.0 Å². The lowest BCUT2D eigenvalue weighted by Crippen LogP contribution is -2.79. The highest BCUT2D eigenvalue weighted by Crippen LogP contribution is 2.45. The Labute approximate surface area is 311 Å². The lowest BCUT2D eigenvalue weighted by molar-refractivity contribution is -0.225. The van der Waals surface area contributed by atoms with Crippen LogP contribution in [0.3, 0.4) is 0 Å². The molecule has 0 bridgehead atoms. The average Bonchev–Trinajstić information content (AvgIpc) is 3.81. The van der Waals surface area contributed by atoms with Gasteiger partial charge in [0.15, 0.2) is 6.29 Å². The summed E-state index contributed by atoms with van der Waals surface area (Å²) in [6.45, 7) is 5.39. The SMILES string of the molecule is CCOC(=O)C1(N2C(=O)[C@@H](N3C(=O)OC[C@@H]3c3ccccc3)[C@H]2C=Cc2ccccc2)OC(C)OC1C.O=C(Cl)CN1C(=O)OC[C@@H]1c1ccccc1. The molecule has 3 amide bonds. The van der Waals surface area contributed by atoms with Gasteiger partial charge in [-0.3, -0.25) is 24.3 Å². The number of nitrogens with zero attached hydrogens (tertiary/aromatic N) is 3. The zero-order valence-electron chi connectivity index (χ0n) is 29.4. The number of carbonyl (C=O) groups is 5. The summed E-state index contributed by atoms with van der Waals surface area (Å²) in [6.07, 6.45) is 1.06. The van der Waals surface area contributed by atoms with Gasteiger partial charge in [0.1, 0.15) is 25.4 Å². The molecule has 4 aliphatic heterocycles. The second kappa shape index (κ2) is 16.2. The van der Waals surface area contributed by atoms with Crippen LogP contribution in [-0.4, -0.2) is 101 Å². The van der Waals surface area contributed by atoms with E-state index in [-0.39, 0.29) is 32.4 Å². The summed E-state index contributed by atoms with van der Waals surface area (Å²) >= 11 is 5.29. The molecule has 0 aliphatic carbocycles. The van der Waals surface area contributed by atoms with Crippen molar-refractivity contribution in [3.05, 3.63) is 114 Å². The van der Waals surface area contributed by atoms with Gasteiger partial charge in [-0.05, 0) is 49.1 Å². The third-order valence-corrected chi connectivity index (χ3v) is 9.58. The van der Waals surface area contributed by atoms with Crippen LogP contribution < -0.4 is 0 Å². The predicted octanol–water partition coefficient (Wildman–Crippen LogP) is 5.46. The molecule has 4 aliphatic rings. The number of hydrogen-bond acceptors (Lipinski definition) is 10. The van der Waals surface area contributed by atoms with Gasteiger partial charge < -0.3 is 23.7 Å². The predicted molar refractivity (Wildman–Crippen MR) is 191 cm³/mol. The molecule has 7 rings (SSSR count). The molecule has 0 radical (unpaired) electrons. The first-order valence-electron chi connectivity index (χ1n) is 17.3. The van der Waals surface area contributed by atoms with Gasteiger partial charge in [0, 0.05) is 0 Å². The summed E-state index contributed by atoms with van der Waals surface area (Å²) in [7, 11) is 0. The van der Waals surface area contributed by atoms with E-state index in [0.717, 1.165) is 16.7 Å². The standard InChI is InChI=1S/C28H30N2O7.C11H10ClNO3/c1-4-34-26(32)28(18(2)36-19(3)37-28)30-22(16-15-20-11-7-5-8-12-20)24(25(30)31)29-23(17-35-27(29)33)21-13-9-6-10-14-21;12-10(14)6-13-9(7-16-11(13)15)8-4-2-1-3-5-8/h5-16,18-19,22-24H,4,17H2,1-3H3;1-5,9H,6-7H2/t18?,19?,22-,23-,24+,28?;9-/m11/s1. The van der Waals surface area contributed by atoms with E-state index < -0.39 is 65.5 Å². The molecule has 0 aromatic heterocycles. The average molecular weight is 746 g/mol. The Hall–Kier alpha value is -5.24. The van der Waals surface area contributed by atoms with Crippen LogP contribution in [0.25, 0.3) is 6.08 Å². The van der Waals surface area contributed by atoms with Crippen molar-refractivity contribution in [3.63, 3.8) is 0 Å². The van der Waals surface area contributed by atoms with Crippen LogP contribution in [0.15, 0.2) is 97.1 Å². The number of esters is 1. The van der Waals surface area contributed by atoms with E-state index in [0.29, 0.717) is 0 Å². The monoisotopic (exact) mass is 745 g/mol. The number of cyclic esters (lactones) is 2. The Morgan fingerprint density at radius 1 is 0.849 bits per heavy atom. The first-order valence-corrected chi connectivity index (χ1v) is 17.7. The Kier molecular flexibility index (Phi) is 11.5. The topological polar surface area (TPSA) is 141 Å². The first kappa shape index (κ1) is 37.5. The summed E-state index contributed by atoms with van der Waals surface area (Å²) in [4.78, 5) is 66.7. The maximum atomic E-state index is 13.9. The molecule has 53 heavy (non-hydrogen) atoms. The molecule has 278 valence electrons. The Morgan fingerprint density at radius 2 is 1.42 bits per heavy atom. The van der Waals surface area contributed by atoms with E-state index in [2.05, 4.69) is 0 Å². The van der Waals surface area contributed by atoms with Crippen molar-refractivity contribution in [1.29, 1.82) is 0 Å². The minimum atomic E-state index is -1.79. The van der Waals surface area contributed by atoms with Gasteiger partial charge in [-0.15, -0.1) is 0 Å². The third kappa shape index (κ3) is 7.50. The van der Waals surface area contributed by atoms with Crippen LogP contribution in [-0.2, 0) is 38.1 Å². The fourth-order valence-electron chi connectivity index (χ4n) is 7.07. The lowest BCUT2D eigenvalue weighted by atomic mass is 9.86. The number of rotatable bonds is 10. The summed E-state index contributed by atoms with van der Waals surface area (Å²) in [5.74, 6) is -1.15. The van der Waals surface area contributed by atoms with Gasteiger partial charge in [-0.1, -0.05) is 103 Å². The van der Waals surface area contributed by atoms with Gasteiger partial charge in [-0.25, -0.2) is 14.4 Å². The van der Waals surface area contributed by atoms with Gasteiger partial charge >= 0.3 is 18.2 Å². The number of ether oxygens (including phenoxy) is 5. The number of hydrogen-bond donors (Lipinski definition) is 0. The van der Waals surface area contributed by atoms with Crippen LogP contribution in [0.5, 0.6) is 0 Å². The summed E-state index contributed by atoms with van der Waals surface area (Å²) in [5, 5.41) is -0.570. The highest BCUT2D eigenvalue weighted by Gasteiger charge is 2.69. The summed E-state index contributed by atoms with van der Waals surface area (Å²) in [5.41, 5.74) is 0.902. The smallest absolute Gasteiger partial charge is 0.411 e. The molecule has 0 saturated carbocycles. The van der Waals surface area contributed by atoms with Crippen molar-refractivity contribution in [3.8, 4) is 0 Å². The van der Waals surface area contributed by atoms with Crippen LogP contribution in [0.2, 0.25) is 0 Å². The zero-order valence-corrected chi connectivity index (χ0v) is 30.2. The number of amides is 3. The van der Waals surface area contributed by atoms with Gasteiger partial charge in [0.05, 0.1) is 31.3 Å². The summed E-state index contributed by atoms with van der Waals surface area (Å²) < 4.78 is 27.5. The molecular formula is C39H40ClN3O10. The zero-order chi connectivity index (χ0) is 37.7. The van der Waals surface area contributed by atoms with E-state index >= 15 is 0 Å². The Balaban J connectivity index is 0.000000250. The van der Waals surface area contributed by atoms with E-state index in [1.165, 1.54) is 14.7 Å². The molecule has 4 fully saturated rings. The maximum absolute atomic E-state index is 13.9. The maximum Gasteiger partial charge on any atom is 0.411 e. The fraction of sp³-hybridized carbons (Fsp3) is 0.359. The largest absolute Gasteiger partial charge is 0.462 e. The number of halogens is 1. The summed E-state index contributed by atoms with van der Waals surface area (Å²) in [6, 6.07) is 26.1. The van der Waals surface area contributed by atoms with E-state index in [1.54, 1.807) is 20.8 Å². The Bertz CT molecular complexity index is 1830. The number of benzene rings is 3. The molecule has 4 saturated heterocycles. The highest BCUT2D eigenvalue weighted by atomic mass is 35.5. The third-order valence-electron chi connectivity index (χ3n) is 9.47. The normalized spacial score (nSPS) is 27.9. The molecular weight excluding hydrogens is 706 g/mol. The van der Waals surface area contributed by atoms with Crippen molar-refractivity contribution in [2.75, 3.05) is 26.4 Å². The first-order chi connectivity index (χ1) is 25.6. The minimum absolute atomic E-state index is 0.107. The number of β-lactam (4-membered cyclic amide) rings is 1. The van der Waals surface area contributed by atoms with Crippen molar-refractivity contribution in [1.82, 2.24) is 14.7 Å². The number of likely N-dealkylation sites (tertiary alicyclic amines) is 1. The van der Waals surface area contributed by atoms with E-state index in [4.69, 9.17) is 35.3 Å². The minimum Gasteiger partial charge on any atom is -0.462 e. The van der Waals surface area contributed by atoms with Crippen LogP contribution in [0, 0.1) is 0 Å². The second-order valence-corrected chi connectivity index (χ2v) is 13.1. The van der Waals surface area contributed by atoms with Crippen molar-refractivity contribution in [2.24, 2.45) is 0 Å². The lowest BCUT2D eigenvalue weighted by Gasteiger charge is -2.55. The second-order valence-electron chi connectivity index (χ2n) is 12.7. The molecule has 0 spiro atoms. The van der Waals surface area contributed by atoms with E-state index in [9.17, 15) is 24.0 Å². The number of carbonyl (C=O) groups excluding carboxylic acids is 5. The van der Waals surface area contributed by atoms with Crippen LogP contribution >= 0.6 is 11.6 Å². The fourth-order valence-corrected chi connectivity index (χ4v) is 7.20. The molecule has 7 atom stereocenters. The van der Waals surface area contributed by atoms with Gasteiger partial charge in [-0.2, -0.15) is 0 Å². The van der Waals surface area contributed by atoms with Crippen LogP contribution in [0.4, 0.5) is 9.59 Å². The van der Waals surface area contributed by atoms with Crippen molar-refractivity contribution < 1.29 is 47.7 Å². The molecule has 13 nitrogen and oxygen atoms in total. The molecule has 3 aromatic carbocycles. The molecule has 0 N–H and O–H groups in total. The van der Waals surface area contributed by atoms with E-state index in [1.807, 2.05) is 103 Å².